The quantitative estimate of drug-likeness (QED) is 0.0709. The van der Waals surface area contributed by atoms with Crippen LogP contribution in [0.5, 0.6) is 0 Å². The zero-order valence-corrected chi connectivity index (χ0v) is 23.4. The lowest BCUT2D eigenvalue weighted by Crippen LogP contribution is -2.71. The summed E-state index contributed by atoms with van der Waals surface area (Å²) in [5.41, 5.74) is 5.73. The Kier molecular flexibility index (Phi) is 8.36. The van der Waals surface area contributed by atoms with Crippen molar-refractivity contribution >= 4 is 63.5 Å². The standard InChI is InChI=1S/C23H27N9O6S2/c1-23(2,3)25-8-13(33)26-12-4-6-31(7-5-12)9-11-10-39-20-15(19(35)32(20)16(11)21(36)37)27-18(34)14(29-38)17-28-22(24)40-30-17/h4-7,15,20,25H,8-10H2,1-3H3,(H5,24,27,28,30,34,36,37,38)/p+1/t15-,20?/m1/s1. The van der Waals surface area contributed by atoms with Gasteiger partial charge in [0.2, 0.25) is 17.4 Å². The summed E-state index contributed by atoms with van der Waals surface area (Å²) < 4.78 is 5.56. The molecule has 2 atom stereocenters. The highest BCUT2D eigenvalue weighted by molar-refractivity contribution is 8.00. The Morgan fingerprint density at radius 1 is 1.27 bits per heavy atom. The van der Waals surface area contributed by atoms with Gasteiger partial charge in [-0.05, 0) is 20.8 Å². The minimum Gasteiger partial charge on any atom is -0.477 e. The minimum atomic E-state index is -1.27. The van der Waals surface area contributed by atoms with Gasteiger partial charge in [-0.2, -0.15) is 9.36 Å². The average Bonchev–Trinajstić information content (AvgIpc) is 3.32. The van der Waals surface area contributed by atoms with E-state index in [0.717, 1.165) is 16.4 Å². The topological polar surface area (TPSA) is 216 Å². The van der Waals surface area contributed by atoms with E-state index >= 15 is 0 Å². The van der Waals surface area contributed by atoms with Crippen LogP contribution >= 0.6 is 23.3 Å². The van der Waals surface area contributed by atoms with E-state index in [2.05, 4.69) is 30.5 Å². The van der Waals surface area contributed by atoms with Crippen LogP contribution in [0.2, 0.25) is 0 Å². The number of oxime groups is 1. The molecule has 0 spiro atoms. The summed E-state index contributed by atoms with van der Waals surface area (Å²) in [5, 5.41) is 29.9. The minimum absolute atomic E-state index is 0.0621. The van der Waals surface area contributed by atoms with Crippen molar-refractivity contribution < 1.29 is 34.1 Å². The molecular formula is C23H28N9O6S2+. The molecule has 2 aliphatic heterocycles. The van der Waals surface area contributed by atoms with Gasteiger partial charge in [-0.1, -0.05) is 5.16 Å². The van der Waals surface area contributed by atoms with Crippen LogP contribution in [0.3, 0.4) is 0 Å². The van der Waals surface area contributed by atoms with Crippen LogP contribution < -0.4 is 26.3 Å². The van der Waals surface area contributed by atoms with Gasteiger partial charge in [-0.25, -0.2) is 9.36 Å². The highest BCUT2D eigenvalue weighted by Crippen LogP contribution is 2.40. The summed E-state index contributed by atoms with van der Waals surface area (Å²) in [4.78, 5) is 54.9. The number of carbonyl (C=O) groups excluding carboxylic acids is 3. The number of aromatic nitrogens is 3. The molecule has 1 fully saturated rings. The van der Waals surface area contributed by atoms with E-state index in [-0.39, 0.29) is 46.9 Å². The van der Waals surface area contributed by atoms with Crippen LogP contribution in [0.25, 0.3) is 0 Å². The van der Waals surface area contributed by atoms with Crippen LogP contribution in [0.1, 0.15) is 26.6 Å². The van der Waals surface area contributed by atoms with Gasteiger partial charge in [-0.15, -0.1) is 11.8 Å². The van der Waals surface area contributed by atoms with Crippen molar-refractivity contribution in [2.24, 2.45) is 5.16 Å². The number of β-lactam (4-membered cyclic amide) rings is 1. The van der Waals surface area contributed by atoms with Gasteiger partial charge in [0.05, 0.1) is 12.2 Å². The highest BCUT2D eigenvalue weighted by Gasteiger charge is 2.54. The van der Waals surface area contributed by atoms with E-state index < -0.39 is 34.9 Å². The second kappa shape index (κ2) is 11.6. The fourth-order valence-corrected chi connectivity index (χ4v) is 5.72. The summed E-state index contributed by atoms with van der Waals surface area (Å²) in [7, 11) is 0. The van der Waals surface area contributed by atoms with E-state index in [0.29, 0.717) is 11.3 Å². The number of aliphatic carboxylic acids is 1. The fourth-order valence-electron chi connectivity index (χ4n) is 3.95. The number of amides is 3. The number of rotatable bonds is 9. The van der Waals surface area contributed by atoms with Crippen LogP contribution in [0, 0.1) is 0 Å². The summed E-state index contributed by atoms with van der Waals surface area (Å²) in [6, 6.07) is 2.35. The van der Waals surface area contributed by atoms with Crippen molar-refractivity contribution in [3.05, 3.63) is 41.6 Å². The van der Waals surface area contributed by atoms with Gasteiger partial charge >= 0.3 is 5.97 Å². The molecule has 1 saturated heterocycles. The number of hydrogen-bond acceptors (Lipinski definition) is 12. The van der Waals surface area contributed by atoms with E-state index in [1.807, 2.05) is 20.8 Å². The monoisotopic (exact) mass is 590 g/mol. The van der Waals surface area contributed by atoms with Crippen molar-refractivity contribution in [2.75, 3.05) is 23.3 Å². The Morgan fingerprint density at radius 3 is 2.55 bits per heavy atom. The lowest BCUT2D eigenvalue weighted by molar-refractivity contribution is -0.688. The Balaban J connectivity index is 1.42. The third kappa shape index (κ3) is 6.37. The number of fused-ring (bicyclic) bond motifs is 1. The largest absolute Gasteiger partial charge is 0.477 e. The molecule has 17 heteroatoms. The van der Waals surface area contributed by atoms with Gasteiger partial charge < -0.3 is 32.0 Å². The van der Waals surface area contributed by atoms with Crippen LogP contribution in [0.4, 0.5) is 10.8 Å². The van der Waals surface area contributed by atoms with Crippen LogP contribution in [-0.2, 0) is 25.7 Å². The molecule has 0 saturated carbocycles. The molecular weight excluding hydrogens is 562 g/mol. The lowest BCUT2D eigenvalue weighted by Gasteiger charge is -2.49. The number of pyridine rings is 1. The number of carboxylic acids is 1. The first-order valence-corrected chi connectivity index (χ1v) is 13.8. The van der Waals surface area contributed by atoms with E-state index in [4.69, 9.17) is 5.73 Å². The molecule has 4 heterocycles. The van der Waals surface area contributed by atoms with Crippen molar-refractivity contribution in [2.45, 2.75) is 44.3 Å². The predicted molar refractivity (Wildman–Crippen MR) is 145 cm³/mol. The third-order valence-corrected chi connectivity index (χ3v) is 7.71. The van der Waals surface area contributed by atoms with Crippen molar-refractivity contribution in [3.63, 3.8) is 0 Å². The zero-order valence-electron chi connectivity index (χ0n) is 21.7. The summed E-state index contributed by atoms with van der Waals surface area (Å²) in [6.45, 7) is 6.23. The first kappa shape index (κ1) is 28.9. The van der Waals surface area contributed by atoms with Crippen LogP contribution in [0.15, 0.2) is 41.0 Å². The van der Waals surface area contributed by atoms with Gasteiger partial charge in [-0.3, -0.25) is 19.3 Å². The highest BCUT2D eigenvalue weighted by atomic mass is 32.2. The summed E-state index contributed by atoms with van der Waals surface area (Å²) in [5.74, 6) is -2.88. The normalized spacial score (nSPS) is 19.1. The van der Waals surface area contributed by atoms with Gasteiger partial charge in [0.15, 0.2) is 24.1 Å². The zero-order chi connectivity index (χ0) is 29.2. The van der Waals surface area contributed by atoms with E-state index in [1.165, 1.54) is 11.8 Å². The number of nitrogens with two attached hydrogens (primary N) is 1. The molecule has 0 radical (unpaired) electrons. The smallest absolute Gasteiger partial charge is 0.352 e. The molecule has 40 heavy (non-hydrogen) atoms. The predicted octanol–water partition coefficient (Wildman–Crippen LogP) is -0.648. The average molecular weight is 591 g/mol. The lowest BCUT2D eigenvalue weighted by atomic mass is 10.0. The first-order chi connectivity index (χ1) is 18.9. The summed E-state index contributed by atoms with van der Waals surface area (Å²) >= 11 is 2.10. The maximum absolute atomic E-state index is 13.0. The van der Waals surface area contributed by atoms with E-state index in [9.17, 15) is 29.5 Å². The molecule has 1 unspecified atom stereocenters. The summed E-state index contributed by atoms with van der Waals surface area (Å²) in [6.07, 6.45) is 3.40. The molecule has 0 aromatic carbocycles. The van der Waals surface area contributed by atoms with Crippen molar-refractivity contribution in [3.8, 4) is 0 Å². The number of carboxylic acid groups (broad SMARTS) is 1. The maximum Gasteiger partial charge on any atom is 0.352 e. The molecule has 212 valence electrons. The molecule has 2 aromatic rings. The number of thioether (sulfide) groups is 1. The molecule has 4 rings (SSSR count). The Labute approximate surface area is 236 Å². The second-order valence-corrected chi connectivity index (χ2v) is 11.8. The molecule has 2 aliphatic rings. The van der Waals surface area contributed by atoms with E-state index in [1.54, 1.807) is 29.1 Å². The third-order valence-electron chi connectivity index (χ3n) is 5.83. The Morgan fingerprint density at radius 2 is 1.98 bits per heavy atom. The number of nitrogens with zero attached hydrogens (tertiary/aromatic N) is 5. The first-order valence-electron chi connectivity index (χ1n) is 11.9. The Bertz CT molecular complexity index is 1400. The fraction of sp³-hybridized carbons (Fsp3) is 0.391. The number of carbonyl (C=O) groups is 4. The molecule has 15 nitrogen and oxygen atoms in total. The van der Waals surface area contributed by atoms with Gasteiger partial charge in [0, 0.05) is 40.5 Å². The number of nitrogen functional groups attached to an aromatic ring is 1. The molecule has 3 amide bonds. The number of anilines is 2. The Hall–Kier alpha value is -4.09. The number of nitrogens with one attached hydrogen (secondary N) is 3. The van der Waals surface area contributed by atoms with Crippen molar-refractivity contribution in [1.82, 2.24) is 24.9 Å². The van der Waals surface area contributed by atoms with Crippen LogP contribution in [-0.4, -0.2) is 83.2 Å². The molecule has 0 aliphatic carbocycles. The SMILES string of the molecule is CC(C)(C)NCC(=O)Nc1cc[n+](CC2=C(C(=O)O)N3C(=O)[C@@H](NC(=O)/C(=N\O)c4nsc(N)n4)C3SC2)cc1. The van der Waals surface area contributed by atoms with Gasteiger partial charge in [0.25, 0.3) is 11.8 Å². The van der Waals surface area contributed by atoms with Crippen molar-refractivity contribution in [1.29, 1.82) is 0 Å². The number of hydrogen-bond donors (Lipinski definition) is 6. The van der Waals surface area contributed by atoms with Gasteiger partial charge in [0.1, 0.15) is 17.1 Å². The molecule has 2 aromatic heterocycles. The molecule has 7 N–H and O–H groups in total. The maximum atomic E-state index is 13.0. The second-order valence-electron chi connectivity index (χ2n) is 9.93. The molecule has 0 bridgehead atoms.